The minimum atomic E-state index is -0.285. The zero-order valence-corrected chi connectivity index (χ0v) is 12.9. The van der Waals surface area contributed by atoms with Gasteiger partial charge in [-0.25, -0.2) is 4.39 Å². The molecule has 19 heavy (non-hydrogen) atoms. The zero-order valence-electron chi connectivity index (χ0n) is 11.3. The molecule has 0 aliphatic heterocycles. The Morgan fingerprint density at radius 3 is 2.84 bits per heavy atom. The molecular weight excluding hydrogens is 307 g/mol. The quantitative estimate of drug-likeness (QED) is 0.767. The number of carbonyl (C=O) groups is 1. The molecule has 0 heterocycles. The van der Waals surface area contributed by atoms with Crippen LogP contribution in [0.15, 0.2) is 22.7 Å². The van der Waals surface area contributed by atoms with Crippen LogP contribution in [0.2, 0.25) is 0 Å². The van der Waals surface area contributed by atoms with Crippen molar-refractivity contribution < 1.29 is 9.18 Å². The van der Waals surface area contributed by atoms with Crippen LogP contribution in [0.5, 0.6) is 0 Å². The molecule has 2 atom stereocenters. The Labute approximate surface area is 122 Å². The predicted octanol–water partition coefficient (Wildman–Crippen LogP) is 4.92. The molecule has 1 aromatic rings. The number of carbonyl (C=O) groups excluding carboxylic acids is 1. The van der Waals surface area contributed by atoms with Gasteiger partial charge in [-0.3, -0.25) is 4.79 Å². The molecule has 1 fully saturated rings. The van der Waals surface area contributed by atoms with Crippen LogP contribution in [0.3, 0.4) is 0 Å². The summed E-state index contributed by atoms with van der Waals surface area (Å²) < 4.78 is 14.0. The lowest BCUT2D eigenvalue weighted by Gasteiger charge is -2.27. The van der Waals surface area contributed by atoms with Gasteiger partial charge in [0.1, 0.15) is 11.6 Å². The fraction of sp³-hybridized carbons (Fsp3) is 0.562. The molecule has 104 valence electrons. The third-order valence-electron chi connectivity index (χ3n) is 4.12. The Hall–Kier alpha value is -0.700. The van der Waals surface area contributed by atoms with E-state index in [9.17, 15) is 9.18 Å². The third kappa shape index (κ3) is 4.13. The second-order valence-electron chi connectivity index (χ2n) is 5.56. The van der Waals surface area contributed by atoms with Crippen molar-refractivity contribution in [2.45, 2.75) is 45.4 Å². The van der Waals surface area contributed by atoms with Crippen LogP contribution in [-0.2, 0) is 11.2 Å². The average Bonchev–Trinajstić information content (AvgIpc) is 2.37. The molecule has 0 radical (unpaired) electrons. The number of Topliss-reactive ketones (excluding diaryl/α,β-unsaturated/α-hetero) is 1. The summed E-state index contributed by atoms with van der Waals surface area (Å²) >= 11 is 3.27. The summed E-state index contributed by atoms with van der Waals surface area (Å²) in [7, 11) is 0. The first kappa shape index (κ1) is 14.7. The van der Waals surface area contributed by atoms with Crippen molar-refractivity contribution in [3.05, 3.63) is 34.1 Å². The second-order valence-corrected chi connectivity index (χ2v) is 6.47. The van der Waals surface area contributed by atoms with Gasteiger partial charge in [0.05, 0.1) is 0 Å². The van der Waals surface area contributed by atoms with Gasteiger partial charge in [0.2, 0.25) is 0 Å². The van der Waals surface area contributed by atoms with Gasteiger partial charge in [-0.05, 0) is 42.5 Å². The fourth-order valence-corrected chi connectivity index (χ4v) is 3.53. The summed E-state index contributed by atoms with van der Waals surface area (Å²) in [6.45, 7) is 2.20. The summed E-state index contributed by atoms with van der Waals surface area (Å²) in [5.41, 5.74) is 0.774. The Morgan fingerprint density at radius 1 is 1.37 bits per heavy atom. The minimum Gasteiger partial charge on any atom is -0.299 e. The van der Waals surface area contributed by atoms with Crippen molar-refractivity contribution in [1.29, 1.82) is 0 Å². The number of ketones is 1. The summed E-state index contributed by atoms with van der Waals surface area (Å²) in [5, 5.41) is 0. The monoisotopic (exact) mass is 326 g/mol. The van der Waals surface area contributed by atoms with E-state index < -0.39 is 0 Å². The van der Waals surface area contributed by atoms with Crippen molar-refractivity contribution in [1.82, 2.24) is 0 Å². The summed E-state index contributed by atoms with van der Waals surface area (Å²) in [6, 6.07) is 4.71. The first-order valence-electron chi connectivity index (χ1n) is 7.06. The van der Waals surface area contributed by atoms with E-state index in [1.807, 2.05) is 6.07 Å². The molecule has 0 amide bonds. The number of hydrogen-bond donors (Lipinski definition) is 0. The van der Waals surface area contributed by atoms with E-state index in [2.05, 4.69) is 22.9 Å². The number of rotatable bonds is 4. The molecule has 0 bridgehead atoms. The third-order valence-corrected chi connectivity index (χ3v) is 4.57. The van der Waals surface area contributed by atoms with Crippen molar-refractivity contribution >= 4 is 21.7 Å². The lowest BCUT2D eigenvalue weighted by Crippen LogP contribution is -2.24. The smallest absolute Gasteiger partial charge is 0.140 e. The van der Waals surface area contributed by atoms with Crippen LogP contribution in [0.25, 0.3) is 0 Å². The Morgan fingerprint density at radius 2 is 2.16 bits per heavy atom. The topological polar surface area (TPSA) is 17.1 Å². The molecule has 1 nitrogen and oxygen atoms in total. The second kappa shape index (κ2) is 6.65. The first-order valence-corrected chi connectivity index (χ1v) is 7.85. The van der Waals surface area contributed by atoms with Crippen LogP contribution in [-0.4, -0.2) is 5.78 Å². The lowest BCUT2D eigenvalue weighted by molar-refractivity contribution is -0.123. The maximum absolute atomic E-state index is 13.3. The standard InChI is InChI=1S/C16H20BrFO/c1-2-11-4-3-5-13(6-11)16(19)9-12-7-14(17)10-15(18)8-12/h7-8,10-11,13H,2-6,9H2,1H3. The van der Waals surface area contributed by atoms with Gasteiger partial charge < -0.3 is 0 Å². The van der Waals surface area contributed by atoms with E-state index in [0.29, 0.717) is 16.8 Å². The molecule has 0 N–H and O–H groups in total. The van der Waals surface area contributed by atoms with Crippen molar-refractivity contribution in [3.63, 3.8) is 0 Å². The summed E-state index contributed by atoms with van der Waals surface area (Å²) in [5.74, 6) is 0.866. The van der Waals surface area contributed by atoms with Crippen molar-refractivity contribution in [2.75, 3.05) is 0 Å². The Bertz CT molecular complexity index is 438. The number of halogens is 2. The fourth-order valence-electron chi connectivity index (χ4n) is 3.01. The molecule has 1 aliphatic carbocycles. The van der Waals surface area contributed by atoms with Gasteiger partial charge in [-0.15, -0.1) is 0 Å². The van der Waals surface area contributed by atoms with Gasteiger partial charge in [0.15, 0.2) is 0 Å². The molecular formula is C16H20BrFO. The molecule has 2 unspecified atom stereocenters. The van der Waals surface area contributed by atoms with E-state index in [1.54, 1.807) is 0 Å². The largest absolute Gasteiger partial charge is 0.299 e. The minimum absolute atomic E-state index is 0.181. The highest BCUT2D eigenvalue weighted by Gasteiger charge is 2.26. The normalized spacial score (nSPS) is 23.3. The van der Waals surface area contributed by atoms with Crippen molar-refractivity contribution in [3.8, 4) is 0 Å². The van der Waals surface area contributed by atoms with E-state index in [1.165, 1.54) is 18.6 Å². The van der Waals surface area contributed by atoms with Crippen LogP contribution in [0, 0.1) is 17.7 Å². The maximum Gasteiger partial charge on any atom is 0.140 e. The molecule has 1 aromatic carbocycles. The van der Waals surface area contributed by atoms with Crippen LogP contribution in [0.4, 0.5) is 4.39 Å². The summed E-state index contributed by atoms with van der Waals surface area (Å²) in [6.07, 6.45) is 5.96. The molecule has 1 saturated carbocycles. The van der Waals surface area contributed by atoms with Crippen LogP contribution >= 0.6 is 15.9 Å². The summed E-state index contributed by atoms with van der Waals surface area (Å²) in [4.78, 5) is 12.3. The molecule has 0 saturated heterocycles. The van der Waals surface area contributed by atoms with Gasteiger partial charge in [0.25, 0.3) is 0 Å². The highest BCUT2D eigenvalue weighted by molar-refractivity contribution is 9.10. The molecule has 0 aromatic heterocycles. The van der Waals surface area contributed by atoms with Crippen LogP contribution in [0.1, 0.15) is 44.6 Å². The maximum atomic E-state index is 13.3. The SMILES string of the molecule is CCC1CCCC(C(=O)Cc2cc(F)cc(Br)c2)C1. The first-order chi connectivity index (χ1) is 9.08. The average molecular weight is 327 g/mol. The van der Waals surface area contributed by atoms with Gasteiger partial charge >= 0.3 is 0 Å². The highest BCUT2D eigenvalue weighted by atomic mass is 79.9. The molecule has 3 heteroatoms. The lowest BCUT2D eigenvalue weighted by atomic mass is 9.77. The van der Waals surface area contributed by atoms with E-state index in [0.717, 1.165) is 31.2 Å². The Balaban J connectivity index is 2.00. The molecule has 2 rings (SSSR count). The van der Waals surface area contributed by atoms with E-state index in [4.69, 9.17) is 0 Å². The zero-order chi connectivity index (χ0) is 13.8. The van der Waals surface area contributed by atoms with Gasteiger partial charge in [-0.2, -0.15) is 0 Å². The predicted molar refractivity (Wildman–Crippen MR) is 78.6 cm³/mol. The highest BCUT2D eigenvalue weighted by Crippen LogP contribution is 2.32. The van der Waals surface area contributed by atoms with Crippen molar-refractivity contribution in [2.24, 2.45) is 11.8 Å². The Kier molecular flexibility index (Phi) is 5.14. The van der Waals surface area contributed by atoms with E-state index >= 15 is 0 Å². The van der Waals surface area contributed by atoms with Gasteiger partial charge in [0, 0.05) is 16.8 Å². The van der Waals surface area contributed by atoms with E-state index in [-0.39, 0.29) is 17.5 Å². The number of benzene rings is 1. The molecule has 1 aliphatic rings. The van der Waals surface area contributed by atoms with Crippen LogP contribution < -0.4 is 0 Å². The van der Waals surface area contributed by atoms with Gasteiger partial charge in [-0.1, -0.05) is 42.1 Å². The molecule has 0 spiro atoms. The number of hydrogen-bond acceptors (Lipinski definition) is 1.